The van der Waals surface area contributed by atoms with Crippen molar-refractivity contribution >= 4 is 31.2 Å². The summed E-state index contributed by atoms with van der Waals surface area (Å²) in [6.45, 7) is 0. The first-order valence-corrected chi connectivity index (χ1v) is 8.48. The van der Waals surface area contributed by atoms with Gasteiger partial charge in [-0.2, -0.15) is 0 Å². The van der Waals surface area contributed by atoms with E-state index in [1.165, 1.54) is 0 Å². The van der Waals surface area contributed by atoms with Crippen LogP contribution in [0.2, 0.25) is 0 Å². The maximum Gasteiger partial charge on any atom is 1.00 e. The summed E-state index contributed by atoms with van der Waals surface area (Å²) in [5.74, 6) is -2.91. The van der Waals surface area contributed by atoms with Crippen molar-refractivity contribution in [3.63, 3.8) is 0 Å². The second-order valence-corrected chi connectivity index (χ2v) is 6.29. The van der Waals surface area contributed by atoms with Gasteiger partial charge >= 0.3 is 88.7 Å². The molecule has 0 aliphatic carbocycles. The number of hydrogen-bond acceptors (Lipinski definition) is 15. The van der Waals surface area contributed by atoms with Crippen molar-refractivity contribution in [3.8, 4) is 0 Å². The number of aliphatic hydroxyl groups is 3. The predicted molar refractivity (Wildman–Crippen MR) is 53.9 cm³/mol. The van der Waals surface area contributed by atoms with Crippen LogP contribution in [0.5, 0.6) is 0 Å². The average molecular weight is 460 g/mol. The Morgan fingerprint density at radius 1 is 0.560 bits per heavy atom. The molecule has 0 amide bonds. The Hall–Kier alpha value is 2.49. The molecule has 0 saturated carbocycles. The van der Waals surface area contributed by atoms with Crippen LogP contribution in [-0.2, 0) is 43.7 Å². The summed E-state index contributed by atoms with van der Waals surface area (Å²) in [6, 6.07) is 0. The van der Waals surface area contributed by atoms with E-state index in [2.05, 4.69) is 12.5 Å². The minimum atomic E-state index is -5.71. The molecule has 3 N–H and O–H groups in total. The van der Waals surface area contributed by atoms with Crippen LogP contribution in [-0.4, -0.2) is 73.1 Å². The SMILES string of the molecule is O=S(=O)([O-])OC(O)C(C(O)OS(=O)(=O)[O-])C(O)OS(=O)(=O)[O-].[Na+].[Na+].[Na+]. The summed E-state index contributed by atoms with van der Waals surface area (Å²) >= 11 is 0. The van der Waals surface area contributed by atoms with E-state index in [1.54, 1.807) is 0 Å². The van der Waals surface area contributed by atoms with Crippen molar-refractivity contribution in [2.45, 2.75) is 18.9 Å². The predicted octanol–water partition coefficient (Wildman–Crippen LogP) is -14.0. The fourth-order valence-corrected chi connectivity index (χ4v) is 2.09. The second-order valence-electron chi connectivity index (χ2n) is 3.26. The quantitative estimate of drug-likeness (QED) is 0.125. The Morgan fingerprint density at radius 3 is 0.840 bits per heavy atom. The molecule has 0 bridgehead atoms. The fraction of sp³-hybridized carbons (Fsp3) is 1.00. The van der Waals surface area contributed by atoms with Crippen LogP contribution in [0.1, 0.15) is 0 Å². The Morgan fingerprint density at radius 2 is 0.720 bits per heavy atom. The van der Waals surface area contributed by atoms with Crippen LogP contribution in [0.4, 0.5) is 0 Å². The first-order chi connectivity index (χ1) is 9.52. The maximum absolute atomic E-state index is 10.2. The van der Waals surface area contributed by atoms with Crippen molar-refractivity contribution in [1.82, 2.24) is 0 Å². The third-order valence-electron chi connectivity index (χ3n) is 1.64. The minimum Gasteiger partial charge on any atom is -0.725 e. The molecule has 0 aliphatic rings. The van der Waals surface area contributed by atoms with Gasteiger partial charge in [-0.25, -0.2) is 37.8 Å². The smallest absolute Gasteiger partial charge is 0.725 e. The molecule has 0 fully saturated rings. The van der Waals surface area contributed by atoms with E-state index in [4.69, 9.17) is 15.3 Å². The van der Waals surface area contributed by atoms with Crippen LogP contribution < -0.4 is 88.7 Å². The van der Waals surface area contributed by atoms with Crippen molar-refractivity contribution in [3.05, 3.63) is 0 Å². The number of aliphatic hydroxyl groups excluding tert-OH is 3. The van der Waals surface area contributed by atoms with Gasteiger partial charge in [0.2, 0.25) is 31.2 Å². The van der Waals surface area contributed by atoms with Gasteiger partial charge in [0.15, 0.2) is 18.9 Å². The molecule has 25 heavy (non-hydrogen) atoms. The molecule has 0 saturated heterocycles. The van der Waals surface area contributed by atoms with Crippen LogP contribution in [0.15, 0.2) is 0 Å². The van der Waals surface area contributed by atoms with Crippen LogP contribution in [0.25, 0.3) is 0 Å². The van der Waals surface area contributed by atoms with E-state index in [9.17, 15) is 38.9 Å². The molecule has 0 radical (unpaired) electrons. The van der Waals surface area contributed by atoms with Gasteiger partial charge in [-0.05, 0) is 0 Å². The molecule has 0 aromatic rings. The summed E-state index contributed by atoms with van der Waals surface area (Å²) in [5, 5.41) is 27.3. The zero-order chi connectivity index (χ0) is 17.9. The molecule has 0 aromatic heterocycles. The molecular weight excluding hydrogens is 453 g/mol. The summed E-state index contributed by atoms with van der Waals surface area (Å²) < 4.78 is 102. The molecule has 0 spiro atoms. The van der Waals surface area contributed by atoms with Crippen molar-refractivity contribution in [2.75, 3.05) is 0 Å². The van der Waals surface area contributed by atoms with Gasteiger partial charge in [0.1, 0.15) is 5.92 Å². The van der Waals surface area contributed by atoms with Crippen LogP contribution in [0.3, 0.4) is 0 Å². The normalized spacial score (nSPS) is 17.0. The minimum absolute atomic E-state index is 0. The third-order valence-corrected chi connectivity index (χ3v) is 2.94. The molecule has 0 heterocycles. The van der Waals surface area contributed by atoms with Gasteiger partial charge in [0.05, 0.1) is 0 Å². The van der Waals surface area contributed by atoms with E-state index in [-0.39, 0.29) is 88.7 Å². The zero-order valence-corrected chi connectivity index (χ0v) is 21.2. The van der Waals surface area contributed by atoms with Gasteiger partial charge in [0, 0.05) is 0 Å². The van der Waals surface area contributed by atoms with E-state index in [1.807, 2.05) is 0 Å². The molecule has 3 atom stereocenters. The molecule has 134 valence electrons. The number of rotatable bonds is 9. The van der Waals surface area contributed by atoms with E-state index >= 15 is 0 Å². The van der Waals surface area contributed by atoms with Crippen molar-refractivity contribution in [1.29, 1.82) is 0 Å². The first kappa shape index (κ1) is 35.0. The Bertz CT molecular complexity index is 576. The van der Waals surface area contributed by atoms with Gasteiger partial charge < -0.3 is 29.0 Å². The number of hydrogen-bond donors (Lipinski definition) is 3. The van der Waals surface area contributed by atoms with Crippen LogP contribution >= 0.6 is 0 Å². The molecule has 15 nitrogen and oxygen atoms in total. The van der Waals surface area contributed by atoms with E-state index < -0.39 is 56.0 Å². The van der Waals surface area contributed by atoms with Crippen LogP contribution in [0, 0.1) is 5.92 Å². The third kappa shape index (κ3) is 18.3. The summed E-state index contributed by atoms with van der Waals surface area (Å²) in [7, 11) is -17.1. The molecule has 0 aliphatic heterocycles. The van der Waals surface area contributed by atoms with Gasteiger partial charge in [-0.3, -0.25) is 0 Å². The van der Waals surface area contributed by atoms with E-state index in [0.717, 1.165) is 0 Å². The van der Waals surface area contributed by atoms with Gasteiger partial charge in [-0.1, -0.05) is 0 Å². The maximum atomic E-state index is 10.2. The molecule has 3 unspecified atom stereocenters. The summed E-state index contributed by atoms with van der Waals surface area (Å²) in [6.07, 6.45) is -9.47. The van der Waals surface area contributed by atoms with Gasteiger partial charge in [0.25, 0.3) is 0 Å². The summed E-state index contributed by atoms with van der Waals surface area (Å²) in [5.41, 5.74) is 0. The van der Waals surface area contributed by atoms with Crippen molar-refractivity contribution in [2.24, 2.45) is 5.92 Å². The van der Waals surface area contributed by atoms with E-state index in [0.29, 0.717) is 0 Å². The Labute approximate surface area is 208 Å². The first-order valence-electron chi connectivity index (χ1n) is 4.48. The second kappa shape index (κ2) is 13.7. The molecular formula is C4H7Na3O15S3. The average Bonchev–Trinajstić information content (AvgIpc) is 2.06. The molecule has 0 rings (SSSR count). The topological polar surface area (TPSA) is 260 Å². The Kier molecular flexibility index (Phi) is 19.1. The molecule has 21 heteroatoms. The molecule has 0 aromatic carbocycles. The van der Waals surface area contributed by atoms with Gasteiger partial charge in [-0.15, -0.1) is 0 Å². The zero-order valence-electron chi connectivity index (χ0n) is 12.8. The fourth-order valence-electron chi connectivity index (χ4n) is 0.977. The standard InChI is InChI=1S/C4H10O15S3.3Na/c5-2(17-20(8,9)10)1(3(6)18-21(11,12)13)4(7)19-22(14,15)16;;;/h1-7H,(H,8,9,10)(H,11,12,13)(H,14,15,16);;;/q;3*+1/p-3. The summed E-state index contributed by atoms with van der Waals surface area (Å²) in [4.78, 5) is 0. The monoisotopic (exact) mass is 460 g/mol. The largest absolute Gasteiger partial charge is 1.00 e. The Balaban J connectivity index is -0.000000735. The van der Waals surface area contributed by atoms with Crippen molar-refractivity contribution < 1.29 is 155 Å².